The van der Waals surface area contributed by atoms with E-state index < -0.39 is 0 Å². The molecule has 0 amide bonds. The van der Waals surface area contributed by atoms with Crippen molar-refractivity contribution in [3.8, 4) is 0 Å². The summed E-state index contributed by atoms with van der Waals surface area (Å²) in [5.41, 5.74) is 2.21. The summed E-state index contributed by atoms with van der Waals surface area (Å²) in [5, 5.41) is 17.1. The molecule has 0 aromatic carbocycles. The van der Waals surface area contributed by atoms with Crippen molar-refractivity contribution >= 4 is 0 Å². The van der Waals surface area contributed by atoms with E-state index in [1.807, 2.05) is 14.0 Å². The van der Waals surface area contributed by atoms with E-state index >= 15 is 0 Å². The molecular formula is C13H25N3O. The molecule has 0 aliphatic heterocycles. The average molecular weight is 239 g/mol. The summed E-state index contributed by atoms with van der Waals surface area (Å²) in [4.78, 5) is 0. The predicted molar refractivity (Wildman–Crippen MR) is 70.2 cm³/mol. The van der Waals surface area contributed by atoms with Crippen LogP contribution in [0.5, 0.6) is 0 Å². The highest BCUT2D eigenvalue weighted by molar-refractivity contribution is 5.10. The molecule has 1 heterocycles. The zero-order valence-electron chi connectivity index (χ0n) is 11.5. The smallest absolute Gasteiger partial charge is 0.0624 e. The van der Waals surface area contributed by atoms with Crippen LogP contribution in [0.25, 0.3) is 0 Å². The van der Waals surface area contributed by atoms with Gasteiger partial charge >= 0.3 is 0 Å². The summed E-state index contributed by atoms with van der Waals surface area (Å²) in [7, 11) is 1.89. The van der Waals surface area contributed by atoms with Crippen LogP contribution in [0.3, 0.4) is 0 Å². The molecule has 1 unspecified atom stereocenters. The van der Waals surface area contributed by atoms with E-state index in [9.17, 15) is 5.11 Å². The molecule has 1 aromatic heterocycles. The fourth-order valence-electron chi connectivity index (χ4n) is 1.80. The van der Waals surface area contributed by atoms with Crippen molar-refractivity contribution in [2.45, 2.75) is 52.1 Å². The Balaban J connectivity index is 2.71. The van der Waals surface area contributed by atoms with Gasteiger partial charge in [0, 0.05) is 17.8 Å². The molecule has 4 nitrogen and oxygen atoms in total. The lowest BCUT2D eigenvalue weighted by Gasteiger charge is -2.26. The average Bonchev–Trinajstić information content (AvgIpc) is 2.78. The Kier molecular flexibility index (Phi) is 5.15. The van der Waals surface area contributed by atoms with Crippen LogP contribution in [-0.4, -0.2) is 34.1 Å². The number of likely N-dealkylation sites (N-methyl/N-ethyl adjacent to an activating group) is 1. The molecule has 0 saturated heterocycles. The van der Waals surface area contributed by atoms with Gasteiger partial charge in [0.05, 0.1) is 12.3 Å². The van der Waals surface area contributed by atoms with Crippen molar-refractivity contribution in [1.29, 1.82) is 0 Å². The molecule has 2 N–H and O–H groups in total. The lowest BCUT2D eigenvalue weighted by atomic mass is 9.99. The molecule has 1 atom stereocenters. The van der Waals surface area contributed by atoms with Gasteiger partial charge in [0.1, 0.15) is 0 Å². The first-order valence-corrected chi connectivity index (χ1v) is 6.44. The van der Waals surface area contributed by atoms with Gasteiger partial charge in [-0.1, -0.05) is 13.8 Å². The Bertz CT molecular complexity index is 342. The quantitative estimate of drug-likeness (QED) is 0.755. The van der Waals surface area contributed by atoms with Crippen LogP contribution in [-0.2, 0) is 19.4 Å². The first-order chi connectivity index (χ1) is 8.08. The van der Waals surface area contributed by atoms with Gasteiger partial charge in [0.15, 0.2) is 0 Å². The number of aryl methyl sites for hydroxylation is 3. The number of nitrogens with one attached hydrogen (secondary N) is 1. The maximum Gasteiger partial charge on any atom is 0.0624 e. The van der Waals surface area contributed by atoms with E-state index in [0.29, 0.717) is 0 Å². The Morgan fingerprint density at radius 3 is 2.59 bits per heavy atom. The minimum Gasteiger partial charge on any atom is -0.394 e. The molecular weight excluding hydrogens is 214 g/mol. The van der Waals surface area contributed by atoms with Gasteiger partial charge in [-0.25, -0.2) is 0 Å². The van der Waals surface area contributed by atoms with E-state index in [0.717, 1.165) is 31.5 Å². The van der Waals surface area contributed by atoms with E-state index in [2.05, 4.69) is 35.0 Å². The van der Waals surface area contributed by atoms with Crippen molar-refractivity contribution < 1.29 is 5.11 Å². The third kappa shape index (κ3) is 3.54. The van der Waals surface area contributed by atoms with Crippen LogP contribution in [0.1, 0.15) is 38.6 Å². The third-order valence-corrected chi connectivity index (χ3v) is 3.47. The van der Waals surface area contributed by atoms with E-state index in [1.54, 1.807) is 0 Å². The first-order valence-electron chi connectivity index (χ1n) is 6.44. The summed E-state index contributed by atoms with van der Waals surface area (Å²) < 4.78 is 2.07. The second-order valence-corrected chi connectivity index (χ2v) is 4.78. The first kappa shape index (κ1) is 14.2. The van der Waals surface area contributed by atoms with E-state index in [4.69, 9.17) is 0 Å². The summed E-state index contributed by atoms with van der Waals surface area (Å²) in [5.74, 6) is 0. The van der Waals surface area contributed by atoms with Crippen LogP contribution < -0.4 is 5.32 Å². The second-order valence-electron chi connectivity index (χ2n) is 4.78. The number of hydrogen-bond acceptors (Lipinski definition) is 3. The van der Waals surface area contributed by atoms with Crippen molar-refractivity contribution in [1.82, 2.24) is 15.1 Å². The van der Waals surface area contributed by atoms with Gasteiger partial charge in [-0.15, -0.1) is 0 Å². The minimum absolute atomic E-state index is 0.146. The van der Waals surface area contributed by atoms with Gasteiger partial charge in [-0.05, 0) is 39.3 Å². The highest BCUT2D eigenvalue weighted by Gasteiger charge is 2.21. The molecule has 0 aliphatic rings. The van der Waals surface area contributed by atoms with Gasteiger partial charge in [-0.2, -0.15) is 5.10 Å². The molecule has 0 fully saturated rings. The molecule has 4 heteroatoms. The van der Waals surface area contributed by atoms with Crippen molar-refractivity contribution in [2.75, 3.05) is 13.7 Å². The number of aromatic nitrogens is 2. The molecule has 0 aliphatic carbocycles. The zero-order valence-corrected chi connectivity index (χ0v) is 11.5. The molecule has 1 rings (SSSR count). The standard InChI is InChI=1S/C13H25N3O/c1-5-11-9-12(6-2)16(15-11)8-7-13(3,10-17)14-4/h9,14,17H,5-8,10H2,1-4H3. The molecule has 0 radical (unpaired) electrons. The number of hydrogen-bond donors (Lipinski definition) is 2. The topological polar surface area (TPSA) is 50.1 Å². The second kappa shape index (κ2) is 6.17. The Labute approximate surface area is 104 Å². The van der Waals surface area contributed by atoms with Crippen LogP contribution in [0, 0.1) is 0 Å². The predicted octanol–water partition coefficient (Wildman–Crippen LogP) is 1.37. The fourth-order valence-corrected chi connectivity index (χ4v) is 1.80. The third-order valence-electron chi connectivity index (χ3n) is 3.47. The molecule has 98 valence electrons. The summed E-state index contributed by atoms with van der Waals surface area (Å²) in [6, 6.07) is 2.18. The van der Waals surface area contributed by atoms with Crippen LogP contribution in [0.4, 0.5) is 0 Å². The van der Waals surface area contributed by atoms with Crippen LogP contribution in [0.15, 0.2) is 6.07 Å². The summed E-state index contributed by atoms with van der Waals surface area (Å²) >= 11 is 0. The SMILES string of the molecule is CCc1cc(CC)n(CCC(C)(CO)NC)n1. The highest BCUT2D eigenvalue weighted by Crippen LogP contribution is 2.12. The maximum absolute atomic E-state index is 9.35. The number of nitrogens with zero attached hydrogens (tertiary/aromatic N) is 2. The lowest BCUT2D eigenvalue weighted by Crippen LogP contribution is -2.44. The minimum atomic E-state index is -0.219. The zero-order chi connectivity index (χ0) is 12.9. The normalized spacial score (nSPS) is 14.9. The summed E-state index contributed by atoms with van der Waals surface area (Å²) in [6.07, 6.45) is 2.85. The van der Waals surface area contributed by atoms with Crippen molar-refractivity contribution in [2.24, 2.45) is 0 Å². The highest BCUT2D eigenvalue weighted by atomic mass is 16.3. The van der Waals surface area contributed by atoms with Crippen LogP contribution in [0.2, 0.25) is 0 Å². The monoisotopic (exact) mass is 239 g/mol. The fraction of sp³-hybridized carbons (Fsp3) is 0.769. The lowest BCUT2D eigenvalue weighted by molar-refractivity contribution is 0.167. The molecule has 0 saturated carbocycles. The summed E-state index contributed by atoms with van der Waals surface area (Å²) in [6.45, 7) is 7.30. The van der Waals surface area contributed by atoms with Gasteiger partial charge < -0.3 is 10.4 Å². The molecule has 1 aromatic rings. The largest absolute Gasteiger partial charge is 0.394 e. The van der Waals surface area contributed by atoms with Gasteiger partial charge in [-0.3, -0.25) is 4.68 Å². The van der Waals surface area contributed by atoms with Crippen molar-refractivity contribution in [3.05, 3.63) is 17.5 Å². The molecule has 0 bridgehead atoms. The van der Waals surface area contributed by atoms with E-state index in [1.165, 1.54) is 5.69 Å². The molecule has 0 spiro atoms. The van der Waals surface area contributed by atoms with E-state index in [-0.39, 0.29) is 12.1 Å². The number of rotatable bonds is 7. The Morgan fingerprint density at radius 2 is 2.12 bits per heavy atom. The number of aliphatic hydroxyl groups is 1. The van der Waals surface area contributed by atoms with Gasteiger partial charge in [0.2, 0.25) is 0 Å². The Hall–Kier alpha value is -0.870. The molecule has 17 heavy (non-hydrogen) atoms. The maximum atomic E-state index is 9.35. The van der Waals surface area contributed by atoms with Crippen LogP contribution >= 0.6 is 0 Å². The van der Waals surface area contributed by atoms with Crippen molar-refractivity contribution in [3.63, 3.8) is 0 Å². The van der Waals surface area contributed by atoms with Gasteiger partial charge in [0.25, 0.3) is 0 Å². The Morgan fingerprint density at radius 1 is 1.41 bits per heavy atom. The number of aliphatic hydroxyl groups excluding tert-OH is 1.